The molecule has 0 spiro atoms. The highest BCUT2D eigenvalue weighted by Crippen LogP contribution is 2.28. The number of hydrogen-bond acceptors (Lipinski definition) is 3. The number of hydrogen-bond donors (Lipinski definition) is 1. The fourth-order valence-electron chi connectivity index (χ4n) is 3.69. The highest BCUT2D eigenvalue weighted by Gasteiger charge is 2.22. The van der Waals surface area contributed by atoms with E-state index < -0.39 is 5.91 Å². The molecule has 2 heterocycles. The van der Waals surface area contributed by atoms with E-state index in [1.807, 2.05) is 0 Å². The molecular weight excluding hydrogens is 276 g/mol. The summed E-state index contributed by atoms with van der Waals surface area (Å²) >= 11 is 0. The number of carbonyl (C=O) groups is 1. The second kappa shape index (κ2) is 6.65. The van der Waals surface area contributed by atoms with Gasteiger partial charge in [-0.15, -0.1) is 0 Å². The molecule has 0 saturated heterocycles. The molecule has 0 aromatic carbocycles. The van der Waals surface area contributed by atoms with Gasteiger partial charge in [0.15, 0.2) is 5.69 Å². The van der Waals surface area contributed by atoms with Crippen molar-refractivity contribution in [1.82, 2.24) is 14.5 Å². The van der Waals surface area contributed by atoms with E-state index in [1.54, 1.807) is 0 Å². The van der Waals surface area contributed by atoms with Gasteiger partial charge in [0.2, 0.25) is 0 Å². The molecule has 120 valence electrons. The second-order valence-corrected chi connectivity index (χ2v) is 6.66. The number of carbonyl (C=O) groups excluding carboxylic acids is 1. The number of allylic oxidation sites excluding steroid dienone is 1. The van der Waals surface area contributed by atoms with Crippen LogP contribution in [0.15, 0.2) is 6.08 Å². The van der Waals surface area contributed by atoms with Gasteiger partial charge in [0.25, 0.3) is 5.91 Å². The van der Waals surface area contributed by atoms with E-state index in [9.17, 15) is 4.79 Å². The normalized spacial score (nSPS) is 20.4. The predicted octanol–water partition coefficient (Wildman–Crippen LogP) is 2.41. The highest BCUT2D eigenvalue weighted by atomic mass is 16.1. The van der Waals surface area contributed by atoms with Gasteiger partial charge in [0, 0.05) is 13.1 Å². The van der Waals surface area contributed by atoms with Crippen LogP contribution in [0.2, 0.25) is 0 Å². The van der Waals surface area contributed by atoms with E-state index in [0.717, 1.165) is 49.9 Å². The molecule has 1 aliphatic carbocycles. The number of imidazole rings is 1. The molecule has 0 atom stereocenters. The van der Waals surface area contributed by atoms with E-state index in [2.05, 4.69) is 33.7 Å². The van der Waals surface area contributed by atoms with Gasteiger partial charge in [0.05, 0.1) is 5.69 Å². The monoisotopic (exact) mass is 302 g/mol. The SMILES string of the molecule is CN1CCCn2c(/C=C/CC3CCCC3)nc(C(N)=O)c2C1. The number of primary amides is 1. The maximum Gasteiger partial charge on any atom is 0.269 e. The molecule has 0 bridgehead atoms. The zero-order chi connectivity index (χ0) is 15.5. The van der Waals surface area contributed by atoms with Crippen molar-refractivity contribution in [3.05, 3.63) is 23.3 Å². The van der Waals surface area contributed by atoms with Crippen molar-refractivity contribution in [3.63, 3.8) is 0 Å². The van der Waals surface area contributed by atoms with Crippen LogP contribution in [0.3, 0.4) is 0 Å². The molecule has 2 N–H and O–H groups in total. The topological polar surface area (TPSA) is 64.2 Å². The fourth-order valence-corrected chi connectivity index (χ4v) is 3.69. The van der Waals surface area contributed by atoms with Gasteiger partial charge in [-0.05, 0) is 38.4 Å². The number of nitrogens with two attached hydrogens (primary N) is 1. The van der Waals surface area contributed by atoms with Crippen LogP contribution in [0.5, 0.6) is 0 Å². The first-order chi connectivity index (χ1) is 10.6. The molecule has 1 aromatic rings. The first-order valence-corrected chi connectivity index (χ1v) is 8.39. The predicted molar refractivity (Wildman–Crippen MR) is 87.3 cm³/mol. The van der Waals surface area contributed by atoms with E-state index in [-0.39, 0.29) is 0 Å². The molecule has 0 radical (unpaired) electrons. The van der Waals surface area contributed by atoms with E-state index in [1.165, 1.54) is 25.7 Å². The lowest BCUT2D eigenvalue weighted by Crippen LogP contribution is -2.21. The number of fused-ring (bicyclic) bond motifs is 1. The van der Waals surface area contributed by atoms with Crippen LogP contribution in [-0.2, 0) is 13.1 Å². The van der Waals surface area contributed by atoms with Gasteiger partial charge in [0.1, 0.15) is 5.82 Å². The fraction of sp³-hybridized carbons (Fsp3) is 0.647. The summed E-state index contributed by atoms with van der Waals surface area (Å²) in [4.78, 5) is 18.4. The van der Waals surface area contributed by atoms with Gasteiger partial charge < -0.3 is 15.2 Å². The molecule has 5 heteroatoms. The molecule has 1 amide bonds. The van der Waals surface area contributed by atoms with E-state index in [4.69, 9.17) is 5.73 Å². The van der Waals surface area contributed by atoms with Gasteiger partial charge in [-0.3, -0.25) is 4.79 Å². The Morgan fingerprint density at radius 1 is 1.32 bits per heavy atom. The lowest BCUT2D eigenvalue weighted by atomic mass is 10.0. The van der Waals surface area contributed by atoms with Crippen LogP contribution < -0.4 is 5.73 Å². The maximum absolute atomic E-state index is 11.7. The third kappa shape index (κ3) is 3.24. The zero-order valence-corrected chi connectivity index (χ0v) is 13.4. The molecule has 2 aliphatic rings. The van der Waals surface area contributed by atoms with Crippen molar-refractivity contribution >= 4 is 12.0 Å². The molecular formula is C17H26N4O. The third-order valence-electron chi connectivity index (χ3n) is 4.89. The van der Waals surface area contributed by atoms with Crippen molar-refractivity contribution in [3.8, 4) is 0 Å². The van der Waals surface area contributed by atoms with Crippen molar-refractivity contribution in [1.29, 1.82) is 0 Å². The average molecular weight is 302 g/mol. The van der Waals surface area contributed by atoms with Crippen molar-refractivity contribution in [2.45, 2.75) is 51.6 Å². The Bertz CT molecular complexity index is 569. The Labute approximate surface area is 132 Å². The van der Waals surface area contributed by atoms with Gasteiger partial charge >= 0.3 is 0 Å². The summed E-state index contributed by atoms with van der Waals surface area (Å²) in [5.41, 5.74) is 6.92. The average Bonchev–Trinajstić information content (AvgIpc) is 3.05. The van der Waals surface area contributed by atoms with E-state index >= 15 is 0 Å². The molecule has 1 aliphatic heterocycles. The molecule has 5 nitrogen and oxygen atoms in total. The van der Waals surface area contributed by atoms with Crippen LogP contribution in [-0.4, -0.2) is 34.0 Å². The summed E-state index contributed by atoms with van der Waals surface area (Å²) < 4.78 is 2.18. The lowest BCUT2D eigenvalue weighted by Gasteiger charge is -2.12. The second-order valence-electron chi connectivity index (χ2n) is 6.66. The van der Waals surface area contributed by atoms with Crippen molar-refractivity contribution in [2.24, 2.45) is 11.7 Å². The largest absolute Gasteiger partial charge is 0.364 e. The van der Waals surface area contributed by atoms with Crippen molar-refractivity contribution in [2.75, 3.05) is 13.6 Å². The summed E-state index contributed by atoms with van der Waals surface area (Å²) in [5.74, 6) is 1.29. The Hall–Kier alpha value is -1.62. The van der Waals surface area contributed by atoms with Crippen LogP contribution in [0, 0.1) is 5.92 Å². The summed E-state index contributed by atoms with van der Waals surface area (Å²) in [5, 5.41) is 0. The highest BCUT2D eigenvalue weighted by molar-refractivity contribution is 5.92. The van der Waals surface area contributed by atoms with Crippen LogP contribution in [0.4, 0.5) is 0 Å². The quantitative estimate of drug-likeness (QED) is 0.929. The van der Waals surface area contributed by atoms with Crippen LogP contribution in [0.25, 0.3) is 6.08 Å². The maximum atomic E-state index is 11.7. The standard InChI is InChI=1S/C17H26N4O/c1-20-10-5-11-21-14(12-20)16(17(18)22)19-15(21)9-4-8-13-6-2-3-7-13/h4,9,13H,2-3,5-8,10-12H2,1H3,(H2,18,22)/b9-4+. The Morgan fingerprint density at radius 2 is 2.09 bits per heavy atom. The Kier molecular flexibility index (Phi) is 4.62. The smallest absolute Gasteiger partial charge is 0.269 e. The summed E-state index contributed by atoms with van der Waals surface area (Å²) in [6, 6.07) is 0. The lowest BCUT2D eigenvalue weighted by molar-refractivity contribution is 0.0994. The number of aromatic nitrogens is 2. The van der Waals surface area contributed by atoms with Gasteiger partial charge in [-0.1, -0.05) is 31.8 Å². The minimum Gasteiger partial charge on any atom is -0.364 e. The van der Waals surface area contributed by atoms with Crippen molar-refractivity contribution < 1.29 is 4.79 Å². The minimum atomic E-state index is -0.422. The first kappa shape index (κ1) is 15.3. The molecule has 0 unspecified atom stereocenters. The Morgan fingerprint density at radius 3 is 2.82 bits per heavy atom. The summed E-state index contributed by atoms with van der Waals surface area (Å²) in [6.07, 6.45) is 11.9. The molecule has 22 heavy (non-hydrogen) atoms. The Balaban J connectivity index is 1.82. The minimum absolute atomic E-state index is 0.422. The molecule has 1 fully saturated rings. The van der Waals surface area contributed by atoms with E-state index in [0.29, 0.717) is 5.69 Å². The van der Waals surface area contributed by atoms with Crippen LogP contribution >= 0.6 is 0 Å². The molecule has 1 aromatic heterocycles. The van der Waals surface area contributed by atoms with Gasteiger partial charge in [-0.2, -0.15) is 0 Å². The summed E-state index contributed by atoms with van der Waals surface area (Å²) in [7, 11) is 2.07. The van der Waals surface area contributed by atoms with Crippen LogP contribution in [0.1, 0.15) is 60.5 Å². The number of nitrogens with zero attached hydrogens (tertiary/aromatic N) is 3. The zero-order valence-electron chi connectivity index (χ0n) is 13.4. The molecule has 3 rings (SSSR count). The summed E-state index contributed by atoms with van der Waals surface area (Å²) in [6.45, 7) is 2.68. The number of amides is 1. The first-order valence-electron chi connectivity index (χ1n) is 8.39. The van der Waals surface area contributed by atoms with Gasteiger partial charge in [-0.25, -0.2) is 4.98 Å². The third-order valence-corrected chi connectivity index (χ3v) is 4.89. The number of rotatable bonds is 4. The molecule has 1 saturated carbocycles.